The number of halogens is 3. The van der Waals surface area contributed by atoms with Gasteiger partial charge in [0.15, 0.2) is 9.84 Å². The van der Waals surface area contributed by atoms with Crippen LogP contribution >= 0.6 is 0 Å². The second-order valence-corrected chi connectivity index (χ2v) is 8.33. The quantitative estimate of drug-likeness (QED) is 0.361. The van der Waals surface area contributed by atoms with E-state index in [4.69, 9.17) is 0 Å². The summed E-state index contributed by atoms with van der Waals surface area (Å²) >= 11 is 0. The van der Waals surface area contributed by atoms with Crippen molar-refractivity contribution < 1.29 is 26.4 Å². The summed E-state index contributed by atoms with van der Waals surface area (Å²) in [6.45, 7) is 3.63. The van der Waals surface area contributed by atoms with E-state index in [1.54, 1.807) is 6.07 Å². The molecule has 3 nitrogen and oxygen atoms in total. The lowest BCUT2D eigenvalue weighted by Gasteiger charge is -2.18. The van der Waals surface area contributed by atoms with Gasteiger partial charge < -0.3 is 0 Å². The largest absolute Gasteiger partial charge is 0.451 e. The van der Waals surface area contributed by atoms with E-state index in [1.165, 1.54) is 24.3 Å². The maximum atomic E-state index is 12.9. The minimum absolute atomic E-state index is 0.257. The number of rotatable bonds is 12. The molecule has 0 aliphatic rings. The highest BCUT2D eigenvalue weighted by atomic mass is 32.2. The first-order chi connectivity index (χ1) is 12.2. The van der Waals surface area contributed by atoms with E-state index in [1.807, 2.05) is 6.08 Å². The average Bonchev–Trinajstić information content (AvgIpc) is 2.59. The summed E-state index contributed by atoms with van der Waals surface area (Å²) in [4.78, 5) is 11.5. The third-order valence-corrected chi connectivity index (χ3v) is 6.27. The van der Waals surface area contributed by atoms with Gasteiger partial charge in [-0.15, -0.1) is 6.58 Å². The predicted octanol–water partition coefficient (Wildman–Crippen LogP) is 5.27. The number of unbranched alkanes of at least 4 members (excludes halogenated alkanes) is 6. The summed E-state index contributed by atoms with van der Waals surface area (Å²) in [5, 5.41) is -2.08. The summed E-state index contributed by atoms with van der Waals surface area (Å²) in [7, 11) is -4.37. The normalized spacial score (nSPS) is 13.3. The van der Waals surface area contributed by atoms with Gasteiger partial charge in [-0.1, -0.05) is 56.4 Å². The molecule has 0 fully saturated rings. The molecule has 7 heteroatoms. The van der Waals surface area contributed by atoms with Crippen LogP contribution in [0.25, 0.3) is 0 Å². The van der Waals surface area contributed by atoms with Gasteiger partial charge in [-0.2, -0.15) is 13.2 Å². The highest BCUT2D eigenvalue weighted by Crippen LogP contribution is 2.28. The number of hydrogen-bond donors (Lipinski definition) is 0. The monoisotopic (exact) mass is 390 g/mol. The molecule has 0 aliphatic carbocycles. The van der Waals surface area contributed by atoms with Crippen LogP contribution in [0.4, 0.5) is 13.2 Å². The molecule has 1 aromatic carbocycles. The molecule has 1 aromatic rings. The van der Waals surface area contributed by atoms with Crippen LogP contribution in [-0.2, 0) is 14.6 Å². The summed E-state index contributed by atoms with van der Waals surface area (Å²) in [6, 6.07) is 6.83. The Balaban J connectivity index is 2.72. The molecule has 0 saturated carbocycles. The molecule has 0 heterocycles. The topological polar surface area (TPSA) is 51.2 Å². The predicted molar refractivity (Wildman–Crippen MR) is 95.6 cm³/mol. The average molecular weight is 390 g/mol. The van der Waals surface area contributed by atoms with E-state index < -0.39 is 27.0 Å². The van der Waals surface area contributed by atoms with Crippen LogP contribution in [0.3, 0.4) is 0 Å². The Morgan fingerprint density at radius 3 is 2.08 bits per heavy atom. The molecule has 1 rings (SSSR count). The Morgan fingerprint density at radius 2 is 1.54 bits per heavy atom. The van der Waals surface area contributed by atoms with Crippen LogP contribution in [0.1, 0.15) is 51.4 Å². The van der Waals surface area contributed by atoms with Crippen molar-refractivity contribution in [2.75, 3.05) is 0 Å². The Morgan fingerprint density at radius 1 is 1.00 bits per heavy atom. The van der Waals surface area contributed by atoms with Crippen molar-refractivity contribution in [3.05, 3.63) is 43.0 Å². The lowest BCUT2D eigenvalue weighted by molar-refractivity contribution is -0.170. The van der Waals surface area contributed by atoms with Crippen LogP contribution in [0.15, 0.2) is 47.9 Å². The number of carbonyl (C=O) groups excluding carboxylic acids is 1. The number of hydrogen-bond acceptors (Lipinski definition) is 3. The van der Waals surface area contributed by atoms with Gasteiger partial charge >= 0.3 is 6.18 Å². The first-order valence-electron chi connectivity index (χ1n) is 8.72. The van der Waals surface area contributed by atoms with Gasteiger partial charge in [0, 0.05) is 0 Å². The number of sulfone groups is 1. The number of ketones is 1. The Bertz CT molecular complexity index is 667. The maximum Gasteiger partial charge on any atom is 0.451 e. The minimum atomic E-state index is -5.17. The second kappa shape index (κ2) is 10.5. The zero-order valence-electron chi connectivity index (χ0n) is 14.7. The fraction of sp³-hybridized carbons (Fsp3) is 0.526. The van der Waals surface area contributed by atoms with E-state index >= 15 is 0 Å². The van der Waals surface area contributed by atoms with Crippen molar-refractivity contribution in [3.8, 4) is 0 Å². The molecule has 0 aromatic heterocycles. The zero-order valence-corrected chi connectivity index (χ0v) is 15.5. The lowest BCUT2D eigenvalue weighted by Crippen LogP contribution is -2.39. The molecule has 26 heavy (non-hydrogen) atoms. The summed E-state index contributed by atoms with van der Waals surface area (Å²) in [5.74, 6) is -2.19. The summed E-state index contributed by atoms with van der Waals surface area (Å²) < 4.78 is 63.7. The standard InChI is InChI=1S/C19H25F3O3S/c1-2-3-4-5-6-7-8-12-15-17(18(23)19(20,21)22)26(24,25)16-13-10-9-11-14-16/h2,9-11,13-14,17H,1,3-8,12,15H2. The minimum Gasteiger partial charge on any atom is -0.288 e. The van der Waals surface area contributed by atoms with E-state index in [0.717, 1.165) is 32.1 Å². The van der Waals surface area contributed by atoms with Crippen molar-refractivity contribution in [3.63, 3.8) is 0 Å². The molecule has 0 amide bonds. The third-order valence-electron chi connectivity index (χ3n) is 4.14. The van der Waals surface area contributed by atoms with E-state index in [-0.39, 0.29) is 17.7 Å². The van der Waals surface area contributed by atoms with Gasteiger partial charge in [-0.25, -0.2) is 8.42 Å². The van der Waals surface area contributed by atoms with E-state index in [2.05, 4.69) is 6.58 Å². The molecular formula is C19H25F3O3S. The molecule has 0 bridgehead atoms. The first kappa shape index (κ1) is 22.4. The Hall–Kier alpha value is -1.63. The van der Waals surface area contributed by atoms with Gasteiger partial charge in [0.1, 0.15) is 5.25 Å². The fourth-order valence-electron chi connectivity index (χ4n) is 2.71. The highest BCUT2D eigenvalue weighted by Gasteiger charge is 2.48. The van der Waals surface area contributed by atoms with Crippen LogP contribution < -0.4 is 0 Å². The van der Waals surface area contributed by atoms with Crippen LogP contribution in [0, 0.1) is 0 Å². The molecule has 146 valence electrons. The van der Waals surface area contributed by atoms with E-state index in [9.17, 15) is 26.4 Å². The number of allylic oxidation sites excluding steroid dienone is 1. The van der Waals surface area contributed by atoms with Crippen molar-refractivity contribution in [2.24, 2.45) is 0 Å². The SMILES string of the molecule is C=CCCCCCCCCC(C(=O)C(F)(F)F)S(=O)(=O)c1ccccc1. The smallest absolute Gasteiger partial charge is 0.288 e. The number of benzene rings is 1. The molecule has 0 N–H and O–H groups in total. The Labute approximate surface area is 153 Å². The number of carbonyl (C=O) groups is 1. The van der Waals surface area contributed by atoms with Crippen LogP contribution in [-0.4, -0.2) is 25.6 Å². The maximum absolute atomic E-state index is 12.9. The summed E-state index contributed by atoms with van der Waals surface area (Å²) in [5.41, 5.74) is 0. The van der Waals surface area contributed by atoms with Gasteiger partial charge in [-0.05, 0) is 31.4 Å². The number of alkyl halides is 3. The van der Waals surface area contributed by atoms with Crippen molar-refractivity contribution in [2.45, 2.75) is 67.7 Å². The summed E-state index contributed by atoms with van der Waals surface area (Å²) in [6.07, 6.45) is 1.88. The second-order valence-electron chi connectivity index (χ2n) is 6.20. The van der Waals surface area contributed by atoms with Crippen molar-refractivity contribution in [1.82, 2.24) is 0 Å². The van der Waals surface area contributed by atoms with Gasteiger partial charge in [0.25, 0.3) is 5.78 Å². The molecular weight excluding hydrogens is 365 g/mol. The van der Waals surface area contributed by atoms with Crippen LogP contribution in [0.2, 0.25) is 0 Å². The molecule has 0 radical (unpaired) electrons. The fourth-order valence-corrected chi connectivity index (χ4v) is 4.47. The molecule has 0 spiro atoms. The molecule has 1 atom stereocenters. The zero-order chi connectivity index (χ0) is 19.6. The molecule has 0 aliphatic heterocycles. The Kier molecular flexibility index (Phi) is 9.05. The third kappa shape index (κ3) is 6.94. The van der Waals surface area contributed by atoms with Crippen molar-refractivity contribution in [1.29, 1.82) is 0 Å². The van der Waals surface area contributed by atoms with E-state index in [0.29, 0.717) is 6.42 Å². The highest BCUT2D eigenvalue weighted by molar-refractivity contribution is 7.92. The lowest BCUT2D eigenvalue weighted by atomic mass is 10.1. The van der Waals surface area contributed by atoms with Gasteiger partial charge in [-0.3, -0.25) is 4.79 Å². The van der Waals surface area contributed by atoms with Gasteiger partial charge in [0.05, 0.1) is 4.90 Å². The van der Waals surface area contributed by atoms with Crippen LogP contribution in [0.5, 0.6) is 0 Å². The first-order valence-corrected chi connectivity index (χ1v) is 10.3. The van der Waals surface area contributed by atoms with Gasteiger partial charge in [0.2, 0.25) is 0 Å². The molecule has 1 unspecified atom stereocenters. The molecule has 0 saturated heterocycles. The van der Waals surface area contributed by atoms with Crippen molar-refractivity contribution >= 4 is 15.6 Å². The number of Topliss-reactive ketones (excluding diaryl/α,β-unsaturated/α-hetero) is 1.